The second kappa shape index (κ2) is 6.36. The minimum Gasteiger partial charge on any atom is -0.386 e. The fourth-order valence-electron chi connectivity index (χ4n) is 2.35. The summed E-state index contributed by atoms with van der Waals surface area (Å²) in [5.74, 6) is 0.629. The third kappa shape index (κ3) is 4.22. The molecule has 0 amide bonds. The molecule has 0 aliphatic carbocycles. The van der Waals surface area contributed by atoms with Crippen molar-refractivity contribution < 1.29 is 22.0 Å². The van der Waals surface area contributed by atoms with Crippen LogP contribution in [0.5, 0.6) is 0 Å². The molecule has 1 heterocycles. The van der Waals surface area contributed by atoms with Crippen LogP contribution in [0.4, 0.5) is 13.2 Å². The summed E-state index contributed by atoms with van der Waals surface area (Å²) >= 11 is 0. The van der Waals surface area contributed by atoms with Crippen LogP contribution in [-0.2, 0) is 8.85 Å². The zero-order valence-corrected chi connectivity index (χ0v) is 12.2. The molecule has 1 rings (SSSR count). The Balaban J connectivity index is 2.67. The van der Waals surface area contributed by atoms with Gasteiger partial charge in [0.2, 0.25) is 0 Å². The van der Waals surface area contributed by atoms with Crippen molar-refractivity contribution in [3.63, 3.8) is 0 Å². The topological polar surface area (TPSA) is 21.7 Å². The Labute approximate surface area is 108 Å². The molecule has 18 heavy (non-hydrogen) atoms. The number of halogens is 3. The van der Waals surface area contributed by atoms with E-state index in [1.165, 1.54) is 14.2 Å². The molecule has 0 saturated carbocycles. The zero-order valence-electron chi connectivity index (χ0n) is 11.2. The van der Waals surface area contributed by atoms with Crippen molar-refractivity contribution in [2.75, 3.05) is 27.3 Å². The highest BCUT2D eigenvalue weighted by Gasteiger charge is 2.47. The minimum atomic E-state index is -4.15. The molecule has 0 unspecified atom stereocenters. The molecule has 0 atom stereocenters. The van der Waals surface area contributed by atoms with Gasteiger partial charge >= 0.3 is 14.9 Å². The Morgan fingerprint density at radius 3 is 2.06 bits per heavy atom. The summed E-state index contributed by atoms with van der Waals surface area (Å²) in [6.07, 6.45) is -3.01. The number of hydrogen-bond acceptors (Lipinski definition) is 3. The lowest BCUT2D eigenvalue weighted by atomic mass is 10.0. The number of nitrogens with zero attached hydrogens (tertiary/aromatic N) is 1. The molecule has 0 aromatic heterocycles. The van der Waals surface area contributed by atoms with E-state index in [1.807, 2.05) is 4.57 Å². The summed E-state index contributed by atoms with van der Waals surface area (Å²) in [6, 6.07) is -0.0577. The van der Waals surface area contributed by atoms with Gasteiger partial charge in [-0.15, -0.1) is 0 Å². The van der Waals surface area contributed by atoms with Gasteiger partial charge in [0.25, 0.3) is 0 Å². The molecule has 108 valence electrons. The molecule has 1 aliphatic heterocycles. The van der Waals surface area contributed by atoms with E-state index < -0.39 is 21.3 Å². The minimum absolute atomic E-state index is 0.0577. The van der Waals surface area contributed by atoms with Crippen LogP contribution in [0.1, 0.15) is 26.2 Å². The van der Waals surface area contributed by atoms with Crippen LogP contribution in [0.3, 0.4) is 0 Å². The van der Waals surface area contributed by atoms with Gasteiger partial charge < -0.3 is 8.85 Å². The smallest absolute Gasteiger partial charge is 0.386 e. The molecule has 0 radical (unpaired) electrons. The van der Waals surface area contributed by atoms with E-state index in [9.17, 15) is 13.2 Å². The van der Waals surface area contributed by atoms with Gasteiger partial charge in [-0.05, 0) is 31.8 Å². The Hall–Kier alpha value is -0.113. The van der Waals surface area contributed by atoms with E-state index in [2.05, 4.69) is 6.92 Å². The third-order valence-corrected chi connectivity index (χ3v) is 7.20. The molecule has 0 N–H and O–H groups in total. The van der Waals surface area contributed by atoms with Crippen molar-refractivity contribution in [1.29, 1.82) is 0 Å². The van der Waals surface area contributed by atoms with Crippen molar-refractivity contribution in [3.05, 3.63) is 0 Å². The van der Waals surface area contributed by atoms with Crippen LogP contribution in [0.15, 0.2) is 0 Å². The van der Waals surface area contributed by atoms with Gasteiger partial charge in [0.1, 0.15) is 0 Å². The van der Waals surface area contributed by atoms with E-state index in [0.717, 1.165) is 25.9 Å². The van der Waals surface area contributed by atoms with E-state index >= 15 is 0 Å². The monoisotopic (exact) mass is 285 g/mol. The predicted molar refractivity (Wildman–Crippen MR) is 65.2 cm³/mol. The number of rotatable bonds is 5. The second-order valence-electron chi connectivity index (χ2n) is 4.91. The van der Waals surface area contributed by atoms with Gasteiger partial charge in [-0.3, -0.25) is 4.57 Å². The maximum atomic E-state index is 12.4. The lowest BCUT2D eigenvalue weighted by molar-refractivity contribution is -0.132. The number of piperidine rings is 1. The summed E-state index contributed by atoms with van der Waals surface area (Å²) in [7, 11) is 0.0562. The van der Waals surface area contributed by atoms with E-state index in [4.69, 9.17) is 8.85 Å². The van der Waals surface area contributed by atoms with Gasteiger partial charge in [0, 0.05) is 26.7 Å². The summed E-state index contributed by atoms with van der Waals surface area (Å²) in [4.78, 5) is 0. The van der Waals surface area contributed by atoms with Crippen LogP contribution in [0.2, 0.25) is 6.04 Å². The van der Waals surface area contributed by atoms with Gasteiger partial charge in [0.15, 0.2) is 0 Å². The van der Waals surface area contributed by atoms with Crippen LogP contribution in [0, 0.1) is 5.92 Å². The maximum Gasteiger partial charge on any atom is 0.427 e. The first kappa shape index (κ1) is 15.9. The largest absolute Gasteiger partial charge is 0.427 e. The molecule has 0 aromatic carbocycles. The third-order valence-electron chi connectivity index (χ3n) is 3.63. The lowest BCUT2D eigenvalue weighted by Gasteiger charge is -2.41. The number of hydrogen-bond donors (Lipinski definition) is 0. The van der Waals surface area contributed by atoms with Gasteiger partial charge in [-0.25, -0.2) is 0 Å². The molecule has 0 spiro atoms. The normalized spacial score (nSPS) is 20.3. The van der Waals surface area contributed by atoms with Crippen LogP contribution in [0.25, 0.3) is 0 Å². The lowest BCUT2D eigenvalue weighted by Crippen LogP contribution is -2.59. The van der Waals surface area contributed by atoms with Crippen LogP contribution in [-0.4, -0.2) is 46.8 Å². The van der Waals surface area contributed by atoms with Crippen molar-refractivity contribution in [1.82, 2.24) is 4.57 Å². The Kier molecular flexibility index (Phi) is 5.63. The highest BCUT2D eigenvalue weighted by atomic mass is 28.4. The summed E-state index contributed by atoms with van der Waals surface area (Å²) in [6.45, 7) is 3.70. The van der Waals surface area contributed by atoms with Crippen molar-refractivity contribution in [2.24, 2.45) is 5.92 Å². The average molecular weight is 285 g/mol. The van der Waals surface area contributed by atoms with Crippen molar-refractivity contribution >= 4 is 8.72 Å². The Bertz CT molecular complexity index is 251. The standard InChI is InChI=1S/C11H22F3NO2Si/c1-10-4-7-15(8-5-10)18(16-2,17-3)9-6-11(12,13)14/h10H,4-9H2,1-3H3. The Morgan fingerprint density at radius 2 is 1.67 bits per heavy atom. The fourth-order valence-corrected chi connectivity index (χ4v) is 5.30. The van der Waals surface area contributed by atoms with E-state index in [0.29, 0.717) is 5.92 Å². The Morgan fingerprint density at radius 1 is 1.17 bits per heavy atom. The van der Waals surface area contributed by atoms with Crippen molar-refractivity contribution in [3.8, 4) is 0 Å². The highest BCUT2D eigenvalue weighted by molar-refractivity contribution is 6.64. The van der Waals surface area contributed by atoms with Gasteiger partial charge in [-0.2, -0.15) is 13.2 Å². The van der Waals surface area contributed by atoms with Crippen molar-refractivity contribution in [2.45, 2.75) is 38.4 Å². The molecule has 0 bridgehead atoms. The highest BCUT2D eigenvalue weighted by Crippen LogP contribution is 2.31. The molecule has 1 saturated heterocycles. The summed E-state index contributed by atoms with van der Waals surface area (Å²) in [5, 5.41) is 0. The molecule has 3 nitrogen and oxygen atoms in total. The first-order valence-corrected chi connectivity index (χ1v) is 8.22. The summed E-state index contributed by atoms with van der Waals surface area (Å²) < 4.78 is 50.0. The van der Waals surface area contributed by atoms with Gasteiger partial charge in [-0.1, -0.05) is 6.92 Å². The quantitative estimate of drug-likeness (QED) is 0.725. The van der Waals surface area contributed by atoms with Crippen LogP contribution < -0.4 is 0 Å². The predicted octanol–water partition coefficient (Wildman–Crippen LogP) is 2.90. The van der Waals surface area contributed by atoms with Gasteiger partial charge in [0.05, 0.1) is 0 Å². The molecule has 1 aliphatic rings. The molecular weight excluding hydrogens is 263 g/mol. The van der Waals surface area contributed by atoms with E-state index in [1.54, 1.807) is 0 Å². The molecule has 0 aromatic rings. The zero-order chi connectivity index (χ0) is 13.8. The number of alkyl halides is 3. The second-order valence-corrected chi connectivity index (χ2v) is 8.28. The molecule has 1 fully saturated rings. The molecular formula is C11H22F3NO2Si. The van der Waals surface area contributed by atoms with Crippen LogP contribution >= 0.6 is 0 Å². The first-order valence-electron chi connectivity index (χ1n) is 6.25. The summed E-state index contributed by atoms with van der Waals surface area (Å²) in [5.41, 5.74) is 0. The first-order chi connectivity index (χ1) is 8.33. The fraction of sp³-hybridized carbons (Fsp3) is 1.00. The average Bonchev–Trinajstić information content (AvgIpc) is 2.32. The molecule has 7 heteroatoms. The SMILES string of the molecule is CO[Si](CCC(F)(F)F)(OC)N1CCC(C)CC1. The maximum absolute atomic E-state index is 12.4. The van der Waals surface area contributed by atoms with E-state index in [-0.39, 0.29) is 6.04 Å².